The van der Waals surface area contributed by atoms with E-state index in [2.05, 4.69) is 9.44 Å². The van der Waals surface area contributed by atoms with Gasteiger partial charge in [-0.1, -0.05) is 0 Å². The van der Waals surface area contributed by atoms with Gasteiger partial charge in [0.1, 0.15) is 5.82 Å². The molecule has 0 amide bonds. The summed E-state index contributed by atoms with van der Waals surface area (Å²) in [6.07, 6.45) is 1.81. The van der Waals surface area contributed by atoms with Gasteiger partial charge in [0.05, 0.1) is 5.69 Å². The van der Waals surface area contributed by atoms with E-state index in [0.29, 0.717) is 0 Å². The topological polar surface area (TPSA) is 95.5 Å². The molecule has 0 radical (unpaired) electrons. The molecule has 1 aromatic rings. The molecule has 0 spiro atoms. The number of carbonyl (C=O) groups is 1. The van der Waals surface area contributed by atoms with Crippen LogP contribution in [0.3, 0.4) is 0 Å². The summed E-state index contributed by atoms with van der Waals surface area (Å²) in [5, 5.41) is 8.49. The van der Waals surface area contributed by atoms with E-state index in [-0.39, 0.29) is 17.3 Å². The highest BCUT2D eigenvalue weighted by atomic mass is 32.2. The first-order chi connectivity index (χ1) is 9.19. The smallest absolute Gasteiger partial charge is 0.328 e. The maximum atomic E-state index is 13.4. The summed E-state index contributed by atoms with van der Waals surface area (Å²) in [6, 6.07) is 3.20. The normalized spacial score (nSPS) is 12.0. The van der Waals surface area contributed by atoms with Crippen molar-refractivity contribution in [3.05, 3.63) is 35.7 Å². The van der Waals surface area contributed by atoms with Crippen LogP contribution >= 0.6 is 0 Å². The fourth-order valence-electron chi connectivity index (χ4n) is 1.39. The highest BCUT2D eigenvalue weighted by Crippen LogP contribution is 2.17. The van der Waals surface area contributed by atoms with Gasteiger partial charge in [-0.15, -0.1) is 0 Å². The molecular weight excluding hydrogens is 287 g/mol. The standard InChI is InChI=1S/C12H15FN2O4S/c1-8(2)14-20(18,19)15-10-4-5-11(13)9(7-10)3-6-12(16)17/h3-8,14-15H,1-2H3,(H,16,17)/b6-3+. The third kappa shape index (κ3) is 5.37. The summed E-state index contributed by atoms with van der Waals surface area (Å²) in [4.78, 5) is 10.4. The molecule has 0 aliphatic carbocycles. The van der Waals surface area contributed by atoms with E-state index in [0.717, 1.165) is 18.2 Å². The van der Waals surface area contributed by atoms with Gasteiger partial charge in [0.2, 0.25) is 0 Å². The Kier molecular flexibility index (Phi) is 5.23. The molecule has 0 fully saturated rings. The second-order valence-corrected chi connectivity index (χ2v) is 5.73. The summed E-state index contributed by atoms with van der Waals surface area (Å²) in [5.74, 6) is -1.88. The third-order valence-corrected chi connectivity index (χ3v) is 3.33. The van der Waals surface area contributed by atoms with Gasteiger partial charge in [0.25, 0.3) is 10.2 Å². The second-order valence-electron chi connectivity index (χ2n) is 4.29. The molecule has 0 aliphatic heterocycles. The Labute approximate surface area is 116 Å². The van der Waals surface area contributed by atoms with E-state index >= 15 is 0 Å². The van der Waals surface area contributed by atoms with Crippen LogP contribution in [0.5, 0.6) is 0 Å². The molecule has 0 saturated heterocycles. The maximum absolute atomic E-state index is 13.4. The molecule has 0 aromatic heterocycles. The molecule has 3 N–H and O–H groups in total. The van der Waals surface area contributed by atoms with Crippen molar-refractivity contribution in [3.63, 3.8) is 0 Å². The largest absolute Gasteiger partial charge is 0.478 e. The average Bonchev–Trinajstić information content (AvgIpc) is 2.27. The van der Waals surface area contributed by atoms with Crippen LogP contribution < -0.4 is 9.44 Å². The number of nitrogens with one attached hydrogen (secondary N) is 2. The molecule has 0 bridgehead atoms. The van der Waals surface area contributed by atoms with E-state index in [1.165, 1.54) is 12.1 Å². The number of halogens is 1. The molecular formula is C12H15FN2O4S. The van der Waals surface area contributed by atoms with Crippen molar-refractivity contribution in [1.82, 2.24) is 4.72 Å². The maximum Gasteiger partial charge on any atom is 0.328 e. The van der Waals surface area contributed by atoms with Crippen LogP contribution in [0.4, 0.5) is 10.1 Å². The van der Waals surface area contributed by atoms with Crippen molar-refractivity contribution < 1.29 is 22.7 Å². The number of hydrogen-bond donors (Lipinski definition) is 3. The highest BCUT2D eigenvalue weighted by Gasteiger charge is 2.12. The summed E-state index contributed by atoms with van der Waals surface area (Å²) in [5.41, 5.74) is 0.0988. The summed E-state index contributed by atoms with van der Waals surface area (Å²) in [7, 11) is -3.76. The van der Waals surface area contributed by atoms with Gasteiger partial charge in [-0.2, -0.15) is 13.1 Å². The fourth-order valence-corrected chi connectivity index (χ4v) is 2.51. The molecule has 0 saturated carbocycles. The van der Waals surface area contributed by atoms with Crippen LogP contribution in [-0.4, -0.2) is 25.5 Å². The first kappa shape index (κ1) is 16.1. The van der Waals surface area contributed by atoms with Gasteiger partial charge < -0.3 is 5.11 Å². The van der Waals surface area contributed by atoms with Gasteiger partial charge in [0.15, 0.2) is 0 Å². The van der Waals surface area contributed by atoms with Gasteiger partial charge in [-0.05, 0) is 38.1 Å². The first-order valence-electron chi connectivity index (χ1n) is 5.70. The van der Waals surface area contributed by atoms with Crippen LogP contribution in [0.2, 0.25) is 0 Å². The summed E-state index contributed by atoms with van der Waals surface area (Å²) in [6.45, 7) is 3.32. The minimum Gasteiger partial charge on any atom is -0.478 e. The molecule has 0 aliphatic rings. The number of hydrogen-bond acceptors (Lipinski definition) is 3. The quantitative estimate of drug-likeness (QED) is 0.695. The van der Waals surface area contributed by atoms with E-state index in [1.54, 1.807) is 13.8 Å². The highest BCUT2D eigenvalue weighted by molar-refractivity contribution is 7.90. The molecule has 0 heterocycles. The Morgan fingerprint density at radius 1 is 1.40 bits per heavy atom. The van der Waals surface area contributed by atoms with Gasteiger partial charge in [0, 0.05) is 17.7 Å². The Morgan fingerprint density at radius 3 is 2.60 bits per heavy atom. The lowest BCUT2D eigenvalue weighted by Crippen LogP contribution is -2.35. The van der Waals surface area contributed by atoms with Crippen molar-refractivity contribution in [3.8, 4) is 0 Å². The molecule has 1 rings (SSSR count). The lowest BCUT2D eigenvalue weighted by atomic mass is 10.2. The molecule has 8 heteroatoms. The number of aliphatic carboxylic acids is 1. The Bertz CT molecular complexity index is 626. The summed E-state index contributed by atoms with van der Waals surface area (Å²) >= 11 is 0. The van der Waals surface area contributed by atoms with Crippen LogP contribution in [0.15, 0.2) is 24.3 Å². The fraction of sp³-hybridized carbons (Fsp3) is 0.250. The molecule has 0 unspecified atom stereocenters. The van der Waals surface area contributed by atoms with Crippen molar-refractivity contribution in [2.45, 2.75) is 19.9 Å². The van der Waals surface area contributed by atoms with Crippen LogP contribution in [0, 0.1) is 5.82 Å². The summed E-state index contributed by atoms with van der Waals surface area (Å²) < 4.78 is 41.2. The van der Waals surface area contributed by atoms with E-state index in [4.69, 9.17) is 5.11 Å². The zero-order chi connectivity index (χ0) is 15.3. The Morgan fingerprint density at radius 2 is 2.05 bits per heavy atom. The molecule has 1 aromatic carbocycles. The van der Waals surface area contributed by atoms with Crippen molar-refractivity contribution in [2.24, 2.45) is 0 Å². The number of carboxylic acid groups (broad SMARTS) is 1. The van der Waals surface area contributed by atoms with E-state index in [1.807, 2.05) is 0 Å². The predicted octanol–water partition coefficient (Wildman–Crippen LogP) is 1.58. The molecule has 110 valence electrons. The van der Waals surface area contributed by atoms with Crippen LogP contribution in [0.25, 0.3) is 6.08 Å². The second kappa shape index (κ2) is 6.49. The monoisotopic (exact) mass is 302 g/mol. The minimum atomic E-state index is -3.76. The van der Waals surface area contributed by atoms with Gasteiger partial charge in [-0.25, -0.2) is 9.18 Å². The molecule has 0 atom stereocenters. The molecule has 20 heavy (non-hydrogen) atoms. The van der Waals surface area contributed by atoms with E-state index in [9.17, 15) is 17.6 Å². The van der Waals surface area contributed by atoms with Crippen molar-refractivity contribution in [1.29, 1.82) is 0 Å². The van der Waals surface area contributed by atoms with Crippen LogP contribution in [0.1, 0.15) is 19.4 Å². The number of carboxylic acids is 1. The molecule has 6 nitrogen and oxygen atoms in total. The lowest BCUT2D eigenvalue weighted by Gasteiger charge is -2.12. The zero-order valence-corrected chi connectivity index (χ0v) is 11.7. The average molecular weight is 302 g/mol. The zero-order valence-electron chi connectivity index (χ0n) is 10.9. The number of benzene rings is 1. The minimum absolute atomic E-state index is 0.0304. The van der Waals surface area contributed by atoms with Crippen LogP contribution in [-0.2, 0) is 15.0 Å². The van der Waals surface area contributed by atoms with Crippen molar-refractivity contribution in [2.75, 3.05) is 4.72 Å². The SMILES string of the molecule is CC(C)NS(=O)(=O)Nc1ccc(F)c(/C=C/C(=O)O)c1. The van der Waals surface area contributed by atoms with E-state index < -0.39 is 22.0 Å². The Balaban J connectivity index is 2.98. The Hall–Kier alpha value is -1.93. The third-order valence-electron chi connectivity index (χ3n) is 2.04. The van der Waals surface area contributed by atoms with Crippen molar-refractivity contribution >= 4 is 27.9 Å². The lowest BCUT2D eigenvalue weighted by molar-refractivity contribution is -0.131. The van der Waals surface area contributed by atoms with Gasteiger partial charge in [-0.3, -0.25) is 4.72 Å². The number of anilines is 1. The first-order valence-corrected chi connectivity index (χ1v) is 7.18. The number of rotatable bonds is 6. The predicted molar refractivity (Wildman–Crippen MR) is 73.9 cm³/mol. The van der Waals surface area contributed by atoms with Gasteiger partial charge >= 0.3 is 5.97 Å².